The summed E-state index contributed by atoms with van der Waals surface area (Å²) in [6.07, 6.45) is 1.99. The van der Waals surface area contributed by atoms with E-state index in [-0.39, 0.29) is 11.8 Å². The van der Waals surface area contributed by atoms with E-state index in [0.717, 1.165) is 30.6 Å². The predicted molar refractivity (Wildman–Crippen MR) is 72.6 cm³/mol. The fourth-order valence-electron chi connectivity index (χ4n) is 2.73. The van der Waals surface area contributed by atoms with E-state index in [0.29, 0.717) is 11.5 Å². The number of benzene rings is 1. The Morgan fingerprint density at radius 3 is 2.83 bits per heavy atom. The van der Waals surface area contributed by atoms with Gasteiger partial charge >= 0.3 is 0 Å². The number of nitrogens with one attached hydrogen (secondary N) is 2. The molecule has 1 aliphatic heterocycles. The number of amides is 1. The minimum absolute atomic E-state index is 0.0128. The highest BCUT2D eigenvalue weighted by molar-refractivity contribution is 5.86. The molecule has 0 spiro atoms. The number of anilines is 1. The second kappa shape index (κ2) is 4.01. The van der Waals surface area contributed by atoms with Gasteiger partial charge in [-0.15, -0.1) is 0 Å². The van der Waals surface area contributed by atoms with E-state index >= 15 is 0 Å². The smallest absolute Gasteiger partial charge is 0.227 e. The maximum atomic E-state index is 12.4. The molecule has 2 aliphatic rings. The summed E-state index contributed by atoms with van der Waals surface area (Å²) in [6.45, 7) is 5.28. The molecule has 2 atom stereocenters. The lowest BCUT2D eigenvalue weighted by molar-refractivity contribution is -0.123. The minimum atomic E-state index is 0.0128. The number of hydrogen-bond acceptors (Lipinski definition) is 2. The third-order valence-electron chi connectivity index (χ3n) is 4.23. The fourth-order valence-corrected chi connectivity index (χ4v) is 2.73. The van der Waals surface area contributed by atoms with E-state index in [4.69, 9.17) is 0 Å². The highest BCUT2D eigenvalue weighted by Gasteiger charge is 2.47. The van der Waals surface area contributed by atoms with Crippen molar-refractivity contribution in [2.45, 2.75) is 38.6 Å². The van der Waals surface area contributed by atoms with Gasteiger partial charge < -0.3 is 10.6 Å². The first-order valence-corrected chi connectivity index (χ1v) is 6.71. The molecule has 0 bridgehead atoms. The minimum Gasteiger partial charge on any atom is -0.385 e. The van der Waals surface area contributed by atoms with Gasteiger partial charge in [-0.25, -0.2) is 0 Å². The van der Waals surface area contributed by atoms with Gasteiger partial charge in [0.15, 0.2) is 0 Å². The Morgan fingerprint density at radius 1 is 1.39 bits per heavy atom. The molecule has 3 nitrogen and oxygen atoms in total. The number of fused-ring (bicyclic) bond motifs is 1. The summed E-state index contributed by atoms with van der Waals surface area (Å²) in [7, 11) is 0. The van der Waals surface area contributed by atoms with Gasteiger partial charge in [0.25, 0.3) is 0 Å². The molecule has 3 heteroatoms. The van der Waals surface area contributed by atoms with Gasteiger partial charge in [-0.3, -0.25) is 4.79 Å². The zero-order valence-corrected chi connectivity index (χ0v) is 11.0. The molecule has 1 aromatic carbocycles. The number of carbonyl (C=O) groups is 1. The van der Waals surface area contributed by atoms with Crippen LogP contribution in [0, 0.1) is 5.41 Å². The fraction of sp³-hybridized carbons (Fsp3) is 0.533. The molecule has 0 saturated heterocycles. The molecule has 1 amide bonds. The Kier molecular flexibility index (Phi) is 2.58. The molecule has 1 heterocycles. The van der Waals surface area contributed by atoms with Crippen molar-refractivity contribution in [1.29, 1.82) is 0 Å². The van der Waals surface area contributed by atoms with Crippen molar-refractivity contribution in [2.24, 2.45) is 5.41 Å². The summed E-state index contributed by atoms with van der Waals surface area (Å²) in [5.41, 5.74) is 2.54. The SMILES string of the molecule is CC1(C)CC1NC(=O)C1CCNc2ccccc21. The second-order valence-electron chi connectivity index (χ2n) is 6.11. The summed E-state index contributed by atoms with van der Waals surface area (Å²) in [5.74, 6) is 0.207. The van der Waals surface area contributed by atoms with E-state index < -0.39 is 0 Å². The highest BCUT2D eigenvalue weighted by Crippen LogP contribution is 2.45. The predicted octanol–water partition coefficient (Wildman–Crippen LogP) is 2.50. The molecule has 96 valence electrons. The van der Waals surface area contributed by atoms with E-state index in [9.17, 15) is 4.79 Å². The lowest BCUT2D eigenvalue weighted by Gasteiger charge is -2.26. The quantitative estimate of drug-likeness (QED) is 0.839. The molecular weight excluding hydrogens is 224 g/mol. The topological polar surface area (TPSA) is 41.1 Å². The standard InChI is InChI=1S/C15H20N2O/c1-15(2)9-13(15)17-14(18)11-7-8-16-12-6-4-3-5-10(11)12/h3-6,11,13,16H,7-9H2,1-2H3,(H,17,18). The Morgan fingerprint density at radius 2 is 2.11 bits per heavy atom. The van der Waals surface area contributed by atoms with Gasteiger partial charge in [0.2, 0.25) is 5.91 Å². The van der Waals surface area contributed by atoms with Crippen LogP contribution in [0.4, 0.5) is 5.69 Å². The Labute approximate surface area is 108 Å². The molecule has 1 aromatic rings. The van der Waals surface area contributed by atoms with Crippen molar-refractivity contribution in [2.75, 3.05) is 11.9 Å². The first-order valence-electron chi connectivity index (χ1n) is 6.71. The molecule has 1 saturated carbocycles. The molecule has 18 heavy (non-hydrogen) atoms. The van der Waals surface area contributed by atoms with E-state index in [1.165, 1.54) is 0 Å². The van der Waals surface area contributed by atoms with Gasteiger partial charge in [-0.1, -0.05) is 32.0 Å². The molecular formula is C15H20N2O. The summed E-state index contributed by atoms with van der Waals surface area (Å²) >= 11 is 0. The Hall–Kier alpha value is -1.51. The highest BCUT2D eigenvalue weighted by atomic mass is 16.2. The first kappa shape index (κ1) is 11.6. The third kappa shape index (κ3) is 1.98. The average Bonchev–Trinajstić information content (AvgIpc) is 2.95. The van der Waals surface area contributed by atoms with Gasteiger partial charge in [0.05, 0.1) is 5.92 Å². The lowest BCUT2D eigenvalue weighted by atomic mass is 9.90. The molecule has 3 rings (SSSR count). The molecule has 0 radical (unpaired) electrons. The van der Waals surface area contributed by atoms with E-state index in [1.807, 2.05) is 12.1 Å². The van der Waals surface area contributed by atoms with Crippen LogP contribution in [0.25, 0.3) is 0 Å². The monoisotopic (exact) mass is 244 g/mol. The normalized spacial score (nSPS) is 27.9. The van der Waals surface area contributed by atoms with E-state index in [2.05, 4.69) is 36.6 Å². The number of rotatable bonds is 2. The van der Waals surface area contributed by atoms with Crippen LogP contribution in [-0.2, 0) is 4.79 Å². The molecule has 1 fully saturated rings. The molecule has 2 N–H and O–H groups in total. The summed E-state index contributed by atoms with van der Waals surface area (Å²) in [4.78, 5) is 12.4. The van der Waals surface area contributed by atoms with Crippen LogP contribution in [0.3, 0.4) is 0 Å². The van der Waals surface area contributed by atoms with Crippen LogP contribution in [0.2, 0.25) is 0 Å². The number of carbonyl (C=O) groups excluding carboxylic acids is 1. The van der Waals surface area contributed by atoms with Crippen LogP contribution in [0.5, 0.6) is 0 Å². The second-order valence-corrected chi connectivity index (χ2v) is 6.11. The number of para-hydroxylation sites is 1. The summed E-state index contributed by atoms with van der Waals surface area (Å²) in [6, 6.07) is 8.50. The lowest BCUT2D eigenvalue weighted by Crippen LogP contribution is -2.35. The summed E-state index contributed by atoms with van der Waals surface area (Å²) < 4.78 is 0. The summed E-state index contributed by atoms with van der Waals surface area (Å²) in [5, 5.41) is 6.54. The Bertz CT molecular complexity index is 481. The van der Waals surface area contributed by atoms with Crippen molar-refractivity contribution in [3.8, 4) is 0 Å². The van der Waals surface area contributed by atoms with Crippen molar-refractivity contribution in [3.63, 3.8) is 0 Å². The maximum absolute atomic E-state index is 12.4. The molecule has 1 aliphatic carbocycles. The zero-order valence-electron chi connectivity index (χ0n) is 11.0. The van der Waals surface area contributed by atoms with Crippen molar-refractivity contribution in [3.05, 3.63) is 29.8 Å². The van der Waals surface area contributed by atoms with Crippen molar-refractivity contribution >= 4 is 11.6 Å². The van der Waals surface area contributed by atoms with Crippen LogP contribution in [0.1, 0.15) is 38.2 Å². The largest absolute Gasteiger partial charge is 0.385 e. The van der Waals surface area contributed by atoms with Gasteiger partial charge in [0.1, 0.15) is 0 Å². The van der Waals surface area contributed by atoms with Gasteiger partial charge in [-0.05, 0) is 29.9 Å². The average molecular weight is 244 g/mol. The number of hydrogen-bond donors (Lipinski definition) is 2. The zero-order chi connectivity index (χ0) is 12.8. The van der Waals surface area contributed by atoms with Crippen molar-refractivity contribution < 1.29 is 4.79 Å². The Balaban J connectivity index is 1.75. The van der Waals surface area contributed by atoms with Crippen LogP contribution in [0.15, 0.2) is 24.3 Å². The van der Waals surface area contributed by atoms with Gasteiger partial charge in [0, 0.05) is 18.3 Å². The molecule has 0 aromatic heterocycles. The van der Waals surface area contributed by atoms with Crippen LogP contribution in [-0.4, -0.2) is 18.5 Å². The van der Waals surface area contributed by atoms with Crippen LogP contribution >= 0.6 is 0 Å². The first-order chi connectivity index (χ1) is 8.58. The maximum Gasteiger partial charge on any atom is 0.227 e. The van der Waals surface area contributed by atoms with Crippen LogP contribution < -0.4 is 10.6 Å². The molecule has 2 unspecified atom stereocenters. The third-order valence-corrected chi connectivity index (χ3v) is 4.23. The van der Waals surface area contributed by atoms with Gasteiger partial charge in [-0.2, -0.15) is 0 Å². The van der Waals surface area contributed by atoms with Crippen molar-refractivity contribution in [1.82, 2.24) is 5.32 Å². The van der Waals surface area contributed by atoms with E-state index in [1.54, 1.807) is 0 Å².